The summed E-state index contributed by atoms with van der Waals surface area (Å²) < 4.78 is 41.6. The van der Waals surface area contributed by atoms with Crippen molar-refractivity contribution in [2.24, 2.45) is 0 Å². The van der Waals surface area contributed by atoms with Crippen molar-refractivity contribution in [3.8, 4) is 0 Å². The molecule has 0 aliphatic carbocycles. The number of benzene rings is 1. The molecule has 0 spiro atoms. The third kappa shape index (κ3) is 3.60. The van der Waals surface area contributed by atoms with Gasteiger partial charge in [-0.05, 0) is 49.9 Å². The lowest BCUT2D eigenvalue weighted by Gasteiger charge is -2.37. The molecule has 2 unspecified atom stereocenters. The van der Waals surface area contributed by atoms with Gasteiger partial charge in [-0.25, -0.2) is 0 Å². The van der Waals surface area contributed by atoms with Crippen LogP contribution in [0.15, 0.2) is 54.7 Å². The zero-order valence-corrected chi connectivity index (χ0v) is 14.6. The summed E-state index contributed by atoms with van der Waals surface area (Å²) in [5.41, 5.74) is -2.32. The van der Waals surface area contributed by atoms with Gasteiger partial charge in [0.2, 0.25) is 0 Å². The molecule has 0 fully saturated rings. The zero-order valence-electron chi connectivity index (χ0n) is 14.6. The maximum Gasteiger partial charge on any atom is 0.399 e. The van der Waals surface area contributed by atoms with E-state index in [-0.39, 0.29) is 12.1 Å². The molecule has 0 aliphatic heterocycles. The van der Waals surface area contributed by atoms with Crippen LogP contribution in [0.4, 0.5) is 13.2 Å². The van der Waals surface area contributed by atoms with E-state index in [4.69, 9.17) is 0 Å². The number of alkyl halides is 3. The van der Waals surface area contributed by atoms with Crippen LogP contribution in [0.2, 0.25) is 0 Å². The van der Waals surface area contributed by atoms with Gasteiger partial charge in [0.05, 0.1) is 11.3 Å². The monoisotopic (exact) mass is 362 g/mol. The maximum atomic E-state index is 13.9. The SMILES string of the molecule is CC(O)(Cc1cc2ccccc2[nH]1)CC(C)(c1ccccn1)C(F)(F)F. The molecule has 2 atom stereocenters. The Balaban J connectivity index is 1.89. The summed E-state index contributed by atoms with van der Waals surface area (Å²) >= 11 is 0. The van der Waals surface area contributed by atoms with Crippen LogP contribution < -0.4 is 0 Å². The van der Waals surface area contributed by atoms with Crippen LogP contribution in [0.3, 0.4) is 0 Å². The Morgan fingerprint density at radius 1 is 1.04 bits per heavy atom. The van der Waals surface area contributed by atoms with Crippen molar-refractivity contribution in [1.29, 1.82) is 0 Å². The second kappa shape index (κ2) is 6.43. The fourth-order valence-electron chi connectivity index (χ4n) is 3.49. The predicted octanol–water partition coefficient (Wildman–Crippen LogP) is 4.77. The standard InChI is InChI=1S/C20H21F3N2O/c1-18(26,12-15-11-14-7-3-4-8-16(14)25-15)13-19(2,20(21,22)23)17-9-5-6-10-24-17/h3-11,25-26H,12-13H2,1-2H3. The molecule has 0 radical (unpaired) electrons. The van der Waals surface area contributed by atoms with Crippen molar-refractivity contribution in [3.63, 3.8) is 0 Å². The van der Waals surface area contributed by atoms with Crippen LogP contribution in [0.1, 0.15) is 31.7 Å². The quantitative estimate of drug-likeness (QED) is 0.687. The van der Waals surface area contributed by atoms with Gasteiger partial charge in [-0.1, -0.05) is 24.3 Å². The minimum atomic E-state index is -4.54. The molecule has 3 rings (SSSR count). The number of H-pyrrole nitrogens is 1. The fraction of sp³-hybridized carbons (Fsp3) is 0.350. The molecular weight excluding hydrogens is 341 g/mol. The van der Waals surface area contributed by atoms with E-state index < -0.39 is 23.6 Å². The number of hydrogen-bond donors (Lipinski definition) is 2. The summed E-state index contributed by atoms with van der Waals surface area (Å²) in [6, 6.07) is 13.9. The van der Waals surface area contributed by atoms with Crippen LogP contribution in [0, 0.1) is 0 Å². The van der Waals surface area contributed by atoms with Crippen molar-refractivity contribution in [3.05, 3.63) is 66.1 Å². The van der Waals surface area contributed by atoms with Gasteiger partial charge in [0.15, 0.2) is 0 Å². The maximum absolute atomic E-state index is 13.9. The Labute approximate surface area is 149 Å². The fourth-order valence-corrected chi connectivity index (χ4v) is 3.49. The van der Waals surface area contributed by atoms with Crippen molar-refractivity contribution in [2.45, 2.75) is 43.9 Å². The van der Waals surface area contributed by atoms with Crippen LogP contribution in [-0.2, 0) is 11.8 Å². The van der Waals surface area contributed by atoms with E-state index >= 15 is 0 Å². The molecule has 2 aromatic heterocycles. The Kier molecular flexibility index (Phi) is 4.56. The van der Waals surface area contributed by atoms with Crippen molar-refractivity contribution in [2.75, 3.05) is 0 Å². The Morgan fingerprint density at radius 2 is 1.73 bits per heavy atom. The number of para-hydroxylation sites is 1. The first-order valence-electron chi connectivity index (χ1n) is 8.38. The van der Waals surface area contributed by atoms with Gasteiger partial charge in [-0.3, -0.25) is 4.98 Å². The Hall–Kier alpha value is -2.34. The summed E-state index contributed by atoms with van der Waals surface area (Å²) in [6.45, 7) is 2.53. The summed E-state index contributed by atoms with van der Waals surface area (Å²) in [5, 5.41) is 11.8. The van der Waals surface area contributed by atoms with Crippen LogP contribution in [0.5, 0.6) is 0 Å². The highest BCUT2D eigenvalue weighted by molar-refractivity contribution is 5.80. The van der Waals surface area contributed by atoms with E-state index in [1.165, 1.54) is 25.3 Å². The van der Waals surface area contributed by atoms with Gasteiger partial charge in [-0.15, -0.1) is 0 Å². The summed E-state index contributed by atoms with van der Waals surface area (Å²) in [7, 11) is 0. The average Bonchev–Trinajstić information content (AvgIpc) is 2.95. The first-order valence-corrected chi connectivity index (χ1v) is 8.38. The summed E-state index contributed by atoms with van der Waals surface area (Å²) in [5.74, 6) is 0. The van der Waals surface area contributed by atoms with Gasteiger partial charge >= 0.3 is 6.18 Å². The van der Waals surface area contributed by atoms with E-state index in [2.05, 4.69) is 9.97 Å². The first-order chi connectivity index (χ1) is 12.1. The van der Waals surface area contributed by atoms with Crippen molar-refractivity contribution >= 4 is 10.9 Å². The second-order valence-electron chi connectivity index (χ2n) is 7.28. The number of halogens is 3. The lowest BCUT2D eigenvalue weighted by atomic mass is 9.74. The van der Waals surface area contributed by atoms with Gasteiger partial charge < -0.3 is 10.1 Å². The highest BCUT2D eigenvalue weighted by Gasteiger charge is 2.55. The molecule has 0 saturated carbocycles. The second-order valence-corrected chi connectivity index (χ2v) is 7.28. The molecule has 26 heavy (non-hydrogen) atoms. The Morgan fingerprint density at radius 3 is 2.35 bits per heavy atom. The minimum absolute atomic E-state index is 0.0835. The van der Waals surface area contributed by atoms with E-state index in [1.807, 2.05) is 30.3 Å². The predicted molar refractivity (Wildman–Crippen MR) is 94.9 cm³/mol. The number of aromatic amines is 1. The molecule has 0 saturated heterocycles. The molecule has 6 heteroatoms. The van der Waals surface area contributed by atoms with E-state index in [9.17, 15) is 18.3 Å². The molecule has 0 amide bonds. The number of nitrogens with one attached hydrogen (secondary N) is 1. The minimum Gasteiger partial charge on any atom is -0.390 e. The van der Waals surface area contributed by atoms with Crippen LogP contribution >= 0.6 is 0 Å². The number of aliphatic hydroxyl groups is 1. The topological polar surface area (TPSA) is 48.9 Å². The first kappa shape index (κ1) is 18.5. The number of rotatable bonds is 5. The molecule has 0 aliphatic rings. The van der Waals surface area contributed by atoms with E-state index in [0.29, 0.717) is 5.69 Å². The van der Waals surface area contributed by atoms with Crippen molar-refractivity contribution in [1.82, 2.24) is 9.97 Å². The largest absolute Gasteiger partial charge is 0.399 e. The number of hydrogen-bond acceptors (Lipinski definition) is 2. The third-order valence-corrected chi connectivity index (χ3v) is 4.75. The number of fused-ring (bicyclic) bond motifs is 1. The van der Waals surface area contributed by atoms with Crippen LogP contribution in [0.25, 0.3) is 10.9 Å². The molecule has 1 aromatic carbocycles. The molecule has 0 bridgehead atoms. The van der Waals surface area contributed by atoms with Gasteiger partial charge in [0, 0.05) is 23.8 Å². The zero-order chi connectivity index (χ0) is 19.0. The molecular formula is C20H21F3N2O. The highest BCUT2D eigenvalue weighted by atomic mass is 19.4. The van der Waals surface area contributed by atoms with Crippen molar-refractivity contribution < 1.29 is 18.3 Å². The highest BCUT2D eigenvalue weighted by Crippen LogP contribution is 2.45. The molecule has 3 nitrogen and oxygen atoms in total. The summed E-state index contributed by atoms with van der Waals surface area (Å²) in [4.78, 5) is 7.06. The molecule has 2 heterocycles. The lowest BCUT2D eigenvalue weighted by molar-refractivity contribution is -0.201. The van der Waals surface area contributed by atoms with E-state index in [1.54, 1.807) is 6.07 Å². The van der Waals surface area contributed by atoms with E-state index in [0.717, 1.165) is 17.8 Å². The average molecular weight is 362 g/mol. The molecule has 2 N–H and O–H groups in total. The van der Waals surface area contributed by atoms with Gasteiger partial charge in [-0.2, -0.15) is 13.2 Å². The van der Waals surface area contributed by atoms with Gasteiger partial charge in [0.25, 0.3) is 0 Å². The molecule has 138 valence electrons. The number of aromatic nitrogens is 2. The molecule has 3 aromatic rings. The Bertz CT molecular complexity index is 854. The number of nitrogens with zero attached hydrogens (tertiary/aromatic N) is 1. The third-order valence-electron chi connectivity index (χ3n) is 4.75. The smallest absolute Gasteiger partial charge is 0.390 e. The summed E-state index contributed by atoms with van der Waals surface area (Å²) in [6.07, 6.45) is -3.60. The lowest BCUT2D eigenvalue weighted by Crippen LogP contribution is -2.47. The van der Waals surface area contributed by atoms with Gasteiger partial charge in [0.1, 0.15) is 5.41 Å². The van der Waals surface area contributed by atoms with Crippen LogP contribution in [-0.4, -0.2) is 26.9 Å². The normalized spacial score (nSPS) is 17.0. The number of pyridine rings is 1.